The predicted molar refractivity (Wildman–Crippen MR) is 105 cm³/mol. The number of likely N-dealkylation sites (tertiary alicyclic amines) is 1. The number of nitrogens with two attached hydrogens (primary N) is 1. The van der Waals surface area contributed by atoms with Crippen LogP contribution in [0, 0.1) is 11.6 Å². The lowest BCUT2D eigenvalue weighted by atomic mass is 9.91. The summed E-state index contributed by atoms with van der Waals surface area (Å²) in [5.74, 6) is -1.37. The maximum Gasteiger partial charge on any atom is 0.326 e. The van der Waals surface area contributed by atoms with Crippen LogP contribution < -0.4 is 5.73 Å². The van der Waals surface area contributed by atoms with Gasteiger partial charge in [-0.05, 0) is 36.1 Å². The number of nitrogens with zero attached hydrogens (tertiary/aromatic N) is 1. The Morgan fingerprint density at radius 1 is 1.29 bits per heavy atom. The van der Waals surface area contributed by atoms with Crippen molar-refractivity contribution in [1.29, 1.82) is 0 Å². The summed E-state index contributed by atoms with van der Waals surface area (Å²) in [7, 11) is 0. The Bertz CT molecular complexity index is 817. The van der Waals surface area contributed by atoms with Gasteiger partial charge in [-0.15, -0.1) is 23.5 Å². The van der Waals surface area contributed by atoms with Crippen molar-refractivity contribution in [3.05, 3.63) is 34.9 Å². The van der Waals surface area contributed by atoms with Gasteiger partial charge < -0.3 is 15.7 Å². The van der Waals surface area contributed by atoms with E-state index in [0.717, 1.165) is 17.1 Å². The Kier molecular flexibility index (Phi) is 5.35. The molecule has 152 valence electrons. The number of amides is 1. The van der Waals surface area contributed by atoms with E-state index in [9.17, 15) is 23.5 Å². The van der Waals surface area contributed by atoms with Crippen LogP contribution in [0.15, 0.2) is 12.1 Å². The Labute approximate surface area is 170 Å². The molecule has 2 fully saturated rings. The van der Waals surface area contributed by atoms with Crippen LogP contribution in [0.4, 0.5) is 8.78 Å². The highest BCUT2D eigenvalue weighted by atomic mass is 32.2. The summed E-state index contributed by atoms with van der Waals surface area (Å²) in [5, 5.41) is 9.59. The van der Waals surface area contributed by atoms with Crippen molar-refractivity contribution in [2.24, 2.45) is 5.73 Å². The van der Waals surface area contributed by atoms with Crippen LogP contribution in [-0.2, 0) is 16.0 Å². The molecule has 5 nitrogen and oxygen atoms in total. The van der Waals surface area contributed by atoms with Gasteiger partial charge in [0.15, 0.2) is 11.6 Å². The zero-order valence-corrected chi connectivity index (χ0v) is 16.8. The third-order valence-electron chi connectivity index (χ3n) is 5.94. The summed E-state index contributed by atoms with van der Waals surface area (Å²) in [6.07, 6.45) is 1.66. The molecule has 28 heavy (non-hydrogen) atoms. The molecular weight excluding hydrogens is 406 g/mol. The summed E-state index contributed by atoms with van der Waals surface area (Å²) in [4.78, 5) is 26.1. The second-order valence-corrected chi connectivity index (χ2v) is 10.9. The van der Waals surface area contributed by atoms with Gasteiger partial charge in [0.1, 0.15) is 6.04 Å². The number of aliphatic carboxylic acids is 1. The van der Waals surface area contributed by atoms with Gasteiger partial charge in [-0.25, -0.2) is 13.6 Å². The van der Waals surface area contributed by atoms with Gasteiger partial charge in [-0.3, -0.25) is 4.79 Å². The standard InChI is InChI=1S/C19H22F2N2O3S2/c20-13-5-10-1-2-11(12(10)6-14(13)21)15(22)7-17(24)23-9-19(27-3-4-28-19)8-16(23)18(25)26/h5-6,11,15-16H,1-4,7-9,22H2,(H,25,26)/t11-,15-,16-/m0/s1. The third kappa shape index (κ3) is 3.52. The molecule has 9 heteroatoms. The molecule has 3 aliphatic rings. The lowest BCUT2D eigenvalue weighted by Gasteiger charge is -2.26. The quantitative estimate of drug-likeness (QED) is 0.767. The van der Waals surface area contributed by atoms with Crippen LogP contribution in [0.1, 0.15) is 36.3 Å². The monoisotopic (exact) mass is 428 g/mol. The summed E-state index contributed by atoms with van der Waals surface area (Å²) in [6.45, 7) is 0.409. The Morgan fingerprint density at radius 2 is 1.96 bits per heavy atom. The number of fused-ring (bicyclic) bond motifs is 1. The maximum absolute atomic E-state index is 13.7. The van der Waals surface area contributed by atoms with E-state index in [1.165, 1.54) is 17.0 Å². The zero-order chi connectivity index (χ0) is 20.1. The van der Waals surface area contributed by atoms with E-state index in [1.54, 1.807) is 23.5 Å². The first-order valence-corrected chi connectivity index (χ1v) is 11.3. The van der Waals surface area contributed by atoms with Crippen molar-refractivity contribution < 1.29 is 23.5 Å². The van der Waals surface area contributed by atoms with Crippen LogP contribution in [-0.4, -0.2) is 56.1 Å². The number of thioether (sulfide) groups is 2. The van der Waals surface area contributed by atoms with Gasteiger partial charge in [0.25, 0.3) is 0 Å². The van der Waals surface area contributed by atoms with Crippen molar-refractivity contribution in [1.82, 2.24) is 4.90 Å². The van der Waals surface area contributed by atoms with E-state index in [1.807, 2.05) is 0 Å². The molecule has 1 amide bonds. The van der Waals surface area contributed by atoms with Gasteiger partial charge in [0.2, 0.25) is 5.91 Å². The second kappa shape index (κ2) is 7.50. The topological polar surface area (TPSA) is 83.6 Å². The number of carboxylic acid groups (broad SMARTS) is 1. The van der Waals surface area contributed by atoms with E-state index in [4.69, 9.17) is 5.73 Å². The molecule has 1 aromatic carbocycles. The number of hydrogen-bond acceptors (Lipinski definition) is 5. The summed E-state index contributed by atoms with van der Waals surface area (Å²) >= 11 is 3.46. The highest BCUT2D eigenvalue weighted by molar-refractivity contribution is 8.21. The van der Waals surface area contributed by atoms with E-state index in [-0.39, 0.29) is 22.3 Å². The molecule has 2 aliphatic heterocycles. The normalized spacial score (nSPS) is 26.6. The van der Waals surface area contributed by atoms with Crippen LogP contribution in [0.2, 0.25) is 0 Å². The largest absolute Gasteiger partial charge is 0.480 e. The maximum atomic E-state index is 13.7. The number of carboxylic acids is 1. The minimum atomic E-state index is -0.990. The van der Waals surface area contributed by atoms with Crippen molar-refractivity contribution in [2.75, 3.05) is 18.1 Å². The Morgan fingerprint density at radius 3 is 2.64 bits per heavy atom. The van der Waals surface area contributed by atoms with Crippen molar-refractivity contribution in [3.8, 4) is 0 Å². The first-order chi connectivity index (χ1) is 13.3. The minimum Gasteiger partial charge on any atom is -0.480 e. The lowest BCUT2D eigenvalue weighted by Crippen LogP contribution is -2.44. The second-order valence-electron chi connectivity index (χ2n) is 7.67. The van der Waals surface area contributed by atoms with E-state index >= 15 is 0 Å². The average Bonchev–Trinajstić information content (AvgIpc) is 3.35. The summed E-state index contributed by atoms with van der Waals surface area (Å²) < 4.78 is 26.9. The fourth-order valence-corrected chi connectivity index (χ4v) is 7.82. The fourth-order valence-electron chi connectivity index (χ4n) is 4.57. The number of hydrogen-bond donors (Lipinski definition) is 2. The van der Waals surface area contributed by atoms with Gasteiger partial charge in [0.05, 0.1) is 4.08 Å². The SMILES string of the molecule is N[C@@H](CC(=O)N1CC2(C[C@H]1C(=O)O)SCCS2)[C@H]1CCc2cc(F)c(F)cc21. The molecule has 1 aliphatic carbocycles. The number of aryl methyl sites for hydroxylation is 1. The van der Waals surface area contributed by atoms with E-state index in [0.29, 0.717) is 31.4 Å². The van der Waals surface area contributed by atoms with Crippen LogP contribution in [0.3, 0.4) is 0 Å². The number of benzene rings is 1. The highest BCUT2D eigenvalue weighted by Crippen LogP contribution is 2.52. The third-order valence-corrected chi connectivity index (χ3v) is 9.37. The predicted octanol–water partition coefficient (Wildman–Crippen LogP) is 2.57. The fraction of sp³-hybridized carbons (Fsp3) is 0.579. The van der Waals surface area contributed by atoms with Crippen LogP contribution in [0.25, 0.3) is 0 Å². The van der Waals surface area contributed by atoms with Crippen LogP contribution in [0.5, 0.6) is 0 Å². The van der Waals surface area contributed by atoms with E-state index < -0.39 is 29.7 Å². The number of rotatable bonds is 4. The molecule has 0 aromatic heterocycles. The molecule has 3 atom stereocenters. The van der Waals surface area contributed by atoms with Crippen molar-refractivity contribution in [2.45, 2.75) is 47.8 Å². The van der Waals surface area contributed by atoms with Crippen LogP contribution >= 0.6 is 23.5 Å². The van der Waals surface area contributed by atoms with Gasteiger partial charge in [0, 0.05) is 42.9 Å². The molecule has 3 N–H and O–H groups in total. The number of carbonyl (C=O) groups excluding carboxylic acids is 1. The van der Waals surface area contributed by atoms with Crippen molar-refractivity contribution >= 4 is 35.4 Å². The summed E-state index contributed by atoms with van der Waals surface area (Å²) in [6, 6.07) is 0.996. The zero-order valence-electron chi connectivity index (χ0n) is 15.2. The molecular formula is C19H22F2N2O3S2. The van der Waals surface area contributed by atoms with E-state index in [2.05, 4.69) is 0 Å². The molecule has 4 rings (SSSR count). The first kappa shape index (κ1) is 20.0. The molecule has 0 unspecified atom stereocenters. The molecule has 0 saturated carbocycles. The smallest absolute Gasteiger partial charge is 0.326 e. The number of halogens is 2. The lowest BCUT2D eigenvalue weighted by molar-refractivity contribution is -0.148. The minimum absolute atomic E-state index is 0.00169. The summed E-state index contributed by atoms with van der Waals surface area (Å²) in [5.41, 5.74) is 7.69. The molecule has 0 bridgehead atoms. The molecule has 2 heterocycles. The molecule has 1 spiro atoms. The molecule has 1 aromatic rings. The van der Waals surface area contributed by atoms with Gasteiger partial charge in [-0.2, -0.15) is 0 Å². The Hall–Kier alpha value is -1.32. The average molecular weight is 429 g/mol. The Balaban J connectivity index is 1.48. The van der Waals surface area contributed by atoms with Crippen molar-refractivity contribution in [3.63, 3.8) is 0 Å². The van der Waals surface area contributed by atoms with Gasteiger partial charge in [-0.1, -0.05) is 0 Å². The highest BCUT2D eigenvalue weighted by Gasteiger charge is 2.51. The first-order valence-electron chi connectivity index (χ1n) is 9.33. The molecule has 2 saturated heterocycles. The number of carbonyl (C=O) groups is 2. The van der Waals surface area contributed by atoms with Gasteiger partial charge >= 0.3 is 5.97 Å². The molecule has 0 radical (unpaired) electrons.